The molecule has 0 saturated heterocycles. The number of hydrogen-bond donors (Lipinski definition) is 8. The topological polar surface area (TPSA) is 288 Å². The first-order valence-corrected chi connectivity index (χ1v) is 51.2. The standard InChI is InChI=1S/C38H39FN2O3S.C37H45N3O3S.C35H37FN4O4S/c1-36-19-25-21-40-41(28-11-9-27(39)10-12-28)32(25)18-26(36)8-14-30-31-15-16-38(44,37(31,2)20-33(42)35(30)36)34(43)22-45-29-13-7-23-5-3-4-6-24(23)17-29;1-34(2,3)24-9-12-26(13-10-24)40-29-18-25-11-14-27-28-15-16-37(43,31(42)22-44-32-8-6-7-17-38-32)36(28,5)20-30(41)33(27)35(25,4)19-23(29)21-39-40;1-33-15-19-17-37-40(22-6-4-21(36)5-7-22)28(19)13-20(33)3-9-24-25-11-12-35(44,34(25,2)16-29(42)31(24)33)30(43)18-45-32-38-26-10-8-23(41)14-27(26)39-32/h3-7,9-13,17-18,21,30-31,33,35,42,44H,8,14-16,19-20,22H2,1-2H3;6-10,12-13,17-18,21,27-28,30,33,41,43H,11,14-16,19-20,22H2,1-5H3;4-8,10,13-14,17,24-25,29,31,41-42,44H,3,9,11-12,15-16,18H2,1-2H3,(H,38,39)/t30?,31?,33-,35?,36?,37?,38-;27?,28?,30-,33?,35?,36?,37-;24?,25?,29-,31?,33?,34?,35-/m000/s1. The molecule has 0 amide bonds. The van der Waals surface area contributed by atoms with Crippen LogP contribution >= 0.6 is 35.3 Å². The molecule has 24 heteroatoms. The lowest BCUT2D eigenvalue weighted by Crippen LogP contribution is -2.62. The fraction of sp³-hybridized carbons (Fsp3) is 0.473. The van der Waals surface area contributed by atoms with Crippen molar-refractivity contribution in [2.75, 3.05) is 17.3 Å². The number of aliphatic hydroxyl groups excluding tert-OH is 3. The molecule has 0 radical (unpaired) electrons. The maximum absolute atomic E-state index is 13.9. The van der Waals surface area contributed by atoms with Gasteiger partial charge in [0.05, 0.1) is 104 Å². The van der Waals surface area contributed by atoms with E-state index in [1.165, 1.54) is 92.8 Å². The molecule has 12 aliphatic rings. The molecule has 0 spiro atoms. The molecule has 5 heterocycles. The van der Waals surface area contributed by atoms with E-state index in [4.69, 9.17) is 5.10 Å². The van der Waals surface area contributed by atoms with Gasteiger partial charge in [0.1, 0.15) is 34.2 Å². The quantitative estimate of drug-likeness (QED) is 0.0443. The fourth-order valence-corrected chi connectivity index (χ4v) is 31.9. The zero-order chi connectivity index (χ0) is 93.5. The average Bonchev–Trinajstić information content (AvgIpc) is 1.17. The zero-order valence-corrected chi connectivity index (χ0v) is 80.1. The Morgan fingerprint density at radius 1 is 0.470 bits per heavy atom. The van der Waals surface area contributed by atoms with Crippen LogP contribution in [0.1, 0.15) is 198 Å². The molecule has 0 bridgehead atoms. The lowest BCUT2D eigenvalue weighted by atomic mass is 9.45. The highest BCUT2D eigenvalue weighted by molar-refractivity contribution is 8.00. The monoisotopic (exact) mass is 1860 g/mol. The number of nitrogens with zero attached hydrogens (tertiary/aromatic N) is 8. The summed E-state index contributed by atoms with van der Waals surface area (Å²) in [5, 5.41) is 100.0. The van der Waals surface area contributed by atoms with Crippen molar-refractivity contribution < 1.29 is 58.9 Å². The highest BCUT2D eigenvalue weighted by atomic mass is 32.2. The van der Waals surface area contributed by atoms with Crippen LogP contribution in [0.5, 0.6) is 5.75 Å². The van der Waals surface area contributed by atoms with E-state index in [-0.39, 0.29) is 127 Å². The number of hydrogen-bond acceptors (Lipinski definition) is 18. The van der Waals surface area contributed by atoms with E-state index in [1.807, 2.05) is 71.3 Å². The Morgan fingerprint density at radius 3 is 1.29 bits per heavy atom. The normalized spacial score (nSPS) is 33.9. The number of aromatic nitrogens is 9. The molecular weight excluding hydrogens is 1740 g/mol. The SMILES string of the molecule is CC(C)(C)c1ccc(-n2ncc3c2C=C2CCC4C([C@@H](O)CC5(C)C4CC[C@]5(O)C(=O)CSc4ccccn4)C2(C)C3)cc1.CC12Cc3cnn(-c4ccc(F)cc4)c3C=C1CCC1C2[C@@H](O)CC2(C)C1CC[C@]2(O)C(=O)CSc1ccc2ccccc2c1.CC12Cc3cnn(-c4ccc(F)cc4)c3C=C1CCC1C2[C@@H](O)CC2(C)C1CC[C@]2(O)C(=O)CSc1nc2ccc(O)cc2[nH]1. The van der Waals surface area contributed by atoms with E-state index in [2.05, 4.69) is 152 Å². The van der Waals surface area contributed by atoms with Gasteiger partial charge in [0, 0.05) is 33.4 Å². The van der Waals surface area contributed by atoms with Gasteiger partial charge in [0.25, 0.3) is 0 Å². The summed E-state index contributed by atoms with van der Waals surface area (Å²) in [4.78, 5) is 54.4. The summed E-state index contributed by atoms with van der Waals surface area (Å²) in [6.07, 6.45) is 25.4. The highest BCUT2D eigenvalue weighted by Crippen LogP contribution is 2.72. The number of phenols is 1. The minimum atomic E-state index is -1.52. The van der Waals surface area contributed by atoms with Crippen LogP contribution in [0.4, 0.5) is 8.78 Å². The van der Waals surface area contributed by atoms with Crippen LogP contribution in [-0.4, -0.2) is 150 Å². The Balaban J connectivity index is 0.000000121. The predicted octanol–water partition coefficient (Wildman–Crippen LogP) is 20.1. The van der Waals surface area contributed by atoms with Crippen LogP contribution in [-0.2, 0) is 39.1 Å². The third-order valence-electron chi connectivity index (χ3n) is 36.1. The Morgan fingerprint density at radius 2 is 0.873 bits per heavy atom. The fourth-order valence-electron chi connectivity index (χ4n) is 29.3. The van der Waals surface area contributed by atoms with E-state index >= 15 is 0 Å². The summed E-state index contributed by atoms with van der Waals surface area (Å²) in [6.45, 7) is 19.8. The first kappa shape index (κ1) is 91.0. The molecule has 6 aromatic carbocycles. The molecule has 23 rings (SSSR count). The number of H-pyrrole nitrogens is 1. The molecule has 12 aliphatic carbocycles. The Kier molecular flexibility index (Phi) is 22.7. The second-order valence-electron chi connectivity index (χ2n) is 43.8. The number of aliphatic hydroxyl groups is 6. The Hall–Kier alpha value is -9.47. The number of nitrogens with one attached hydrogen (secondary N) is 1. The van der Waals surface area contributed by atoms with E-state index in [9.17, 15) is 58.9 Å². The van der Waals surface area contributed by atoms with Gasteiger partial charge in [-0.3, -0.25) is 14.4 Å². The number of fused-ring (bicyclic) bond motifs is 20. The number of carbonyl (C=O) groups is 3. The number of Topliss-reactive ketones (excluding diaryl/α,β-unsaturated/α-hetero) is 3. The van der Waals surface area contributed by atoms with Gasteiger partial charge in [-0.2, -0.15) is 15.3 Å². The van der Waals surface area contributed by atoms with Gasteiger partial charge in [-0.15, -0.1) is 11.8 Å². The summed E-state index contributed by atoms with van der Waals surface area (Å²) in [5.41, 5.74) is 9.12. The number of aromatic hydroxyl groups is 1. The number of benzene rings is 6. The lowest BCUT2D eigenvalue weighted by molar-refractivity contribution is -0.178. The number of imidazole rings is 1. The number of thioether (sulfide) groups is 3. The van der Waals surface area contributed by atoms with E-state index in [0.29, 0.717) is 54.7 Å². The predicted molar refractivity (Wildman–Crippen MR) is 520 cm³/mol. The molecule has 8 N–H and O–H groups in total. The van der Waals surface area contributed by atoms with Crippen molar-refractivity contribution >= 4 is 92.7 Å². The molecule has 0 aliphatic heterocycles. The van der Waals surface area contributed by atoms with Crippen LogP contribution < -0.4 is 0 Å². The second-order valence-corrected chi connectivity index (χ2v) is 46.8. The molecule has 21 atom stereocenters. The van der Waals surface area contributed by atoms with Crippen molar-refractivity contribution in [1.29, 1.82) is 0 Å². The molecular formula is C110H121F2N9O10S3. The average molecular weight is 1860 g/mol. The first-order chi connectivity index (χ1) is 64.0. The van der Waals surface area contributed by atoms with Crippen LogP contribution in [0, 0.1) is 97.4 Å². The molecule has 698 valence electrons. The van der Waals surface area contributed by atoms with Gasteiger partial charge in [-0.25, -0.2) is 32.8 Å². The van der Waals surface area contributed by atoms with E-state index in [0.717, 1.165) is 138 Å². The largest absolute Gasteiger partial charge is 0.508 e. The van der Waals surface area contributed by atoms with Crippen molar-refractivity contribution in [2.45, 2.75) is 233 Å². The third kappa shape index (κ3) is 14.6. The number of halogens is 2. The van der Waals surface area contributed by atoms with Gasteiger partial charge in [0.15, 0.2) is 22.5 Å². The van der Waals surface area contributed by atoms with Crippen LogP contribution in [0.25, 0.3) is 57.1 Å². The zero-order valence-electron chi connectivity index (χ0n) is 77.7. The molecule has 9 fully saturated rings. The van der Waals surface area contributed by atoms with Gasteiger partial charge in [-0.1, -0.05) is 151 Å². The summed E-state index contributed by atoms with van der Waals surface area (Å²) >= 11 is 4.14. The Bertz CT molecular complexity index is 6570. The second kappa shape index (κ2) is 33.4. The molecule has 134 heavy (non-hydrogen) atoms. The first-order valence-electron chi connectivity index (χ1n) is 48.2. The van der Waals surface area contributed by atoms with E-state index < -0.39 is 51.4 Å². The minimum absolute atomic E-state index is 0.0108. The number of rotatable bonds is 15. The van der Waals surface area contributed by atoms with Crippen LogP contribution in [0.2, 0.25) is 0 Å². The third-order valence-corrected chi connectivity index (χ3v) is 38.9. The molecule has 19 nitrogen and oxygen atoms in total. The summed E-state index contributed by atoms with van der Waals surface area (Å²) in [5.74, 6) is 0.916. The summed E-state index contributed by atoms with van der Waals surface area (Å²) < 4.78 is 33.0. The van der Waals surface area contributed by atoms with Gasteiger partial charge >= 0.3 is 0 Å². The molecule has 5 aromatic heterocycles. The lowest BCUT2D eigenvalue weighted by Gasteiger charge is -2.60. The number of pyridine rings is 1. The maximum atomic E-state index is 13.9. The number of allylic oxidation sites excluding steroid dienone is 3. The number of carbonyl (C=O) groups excluding carboxylic acids is 3. The summed E-state index contributed by atoms with van der Waals surface area (Å²) in [6, 6.07) is 46.5. The van der Waals surface area contributed by atoms with Crippen molar-refractivity contribution in [2.24, 2.45) is 85.8 Å². The van der Waals surface area contributed by atoms with E-state index in [1.54, 1.807) is 48.7 Å². The smallest absolute Gasteiger partial charge is 0.175 e. The molecule has 9 saturated carbocycles. The minimum Gasteiger partial charge on any atom is -0.508 e. The van der Waals surface area contributed by atoms with Gasteiger partial charge in [0.2, 0.25) is 0 Å². The number of phenolic OH excluding ortho intramolecular Hbond substituents is 1. The highest BCUT2D eigenvalue weighted by Gasteiger charge is 2.72. The Labute approximate surface area is 794 Å². The van der Waals surface area contributed by atoms with Crippen LogP contribution in [0.3, 0.4) is 0 Å². The van der Waals surface area contributed by atoms with Crippen molar-refractivity contribution in [3.63, 3.8) is 0 Å². The maximum Gasteiger partial charge on any atom is 0.175 e. The van der Waals surface area contributed by atoms with Crippen LogP contribution in [0.15, 0.2) is 208 Å². The number of ketones is 3. The van der Waals surface area contributed by atoms with Gasteiger partial charge in [-0.05, 0) is 339 Å². The van der Waals surface area contributed by atoms with Crippen molar-refractivity contribution in [3.8, 4) is 22.8 Å². The number of aromatic amines is 1. The van der Waals surface area contributed by atoms with Crippen molar-refractivity contribution in [1.82, 2.24) is 44.3 Å². The van der Waals surface area contributed by atoms with Gasteiger partial charge < -0.3 is 40.7 Å². The molecule has 15 unspecified atom stereocenters. The van der Waals surface area contributed by atoms with Crippen molar-refractivity contribution in [3.05, 3.63) is 244 Å². The summed E-state index contributed by atoms with van der Waals surface area (Å²) in [7, 11) is 0. The molecule has 11 aromatic rings.